The lowest BCUT2D eigenvalue weighted by Gasteiger charge is -2.12. The molecule has 0 aliphatic heterocycles. The lowest BCUT2D eigenvalue weighted by molar-refractivity contribution is 0.102. The molecule has 2 aromatic carbocycles. The smallest absolute Gasteiger partial charge is 0.203 e. The van der Waals surface area contributed by atoms with E-state index in [0.717, 1.165) is 0 Å². The molecule has 21 heavy (non-hydrogen) atoms. The Balaban J connectivity index is 2.55. The molecule has 0 fully saturated rings. The Hall–Kier alpha value is -2.56. The lowest BCUT2D eigenvalue weighted by Crippen LogP contribution is -2.08. The summed E-state index contributed by atoms with van der Waals surface area (Å²) in [6, 6.07) is 8.95. The molecule has 0 aliphatic carbocycles. The number of methoxy groups -OCH3 is 3. The van der Waals surface area contributed by atoms with Crippen molar-refractivity contribution < 1.29 is 23.4 Å². The van der Waals surface area contributed by atoms with Gasteiger partial charge in [0, 0.05) is 6.07 Å². The molecule has 0 saturated heterocycles. The second-order valence-electron chi connectivity index (χ2n) is 4.21. The fourth-order valence-corrected chi connectivity index (χ4v) is 2.02. The van der Waals surface area contributed by atoms with Crippen molar-refractivity contribution in [2.45, 2.75) is 0 Å². The van der Waals surface area contributed by atoms with Crippen molar-refractivity contribution in [2.24, 2.45) is 0 Å². The van der Waals surface area contributed by atoms with Crippen LogP contribution in [0.1, 0.15) is 15.9 Å². The van der Waals surface area contributed by atoms with E-state index in [1.807, 2.05) is 0 Å². The average Bonchev–Trinajstić information content (AvgIpc) is 2.53. The normalized spacial score (nSPS) is 10.1. The first kappa shape index (κ1) is 14.8. The van der Waals surface area contributed by atoms with Crippen LogP contribution in [-0.2, 0) is 0 Å². The minimum atomic E-state index is -0.641. The van der Waals surface area contributed by atoms with Crippen LogP contribution in [0.2, 0.25) is 0 Å². The van der Waals surface area contributed by atoms with E-state index < -0.39 is 11.6 Å². The van der Waals surface area contributed by atoms with E-state index in [0.29, 0.717) is 11.5 Å². The topological polar surface area (TPSA) is 44.8 Å². The molecule has 0 amide bonds. The number of ketones is 1. The summed E-state index contributed by atoms with van der Waals surface area (Å²) in [5, 5.41) is 0. The van der Waals surface area contributed by atoms with Crippen LogP contribution in [0.5, 0.6) is 17.2 Å². The highest BCUT2D eigenvalue weighted by Crippen LogP contribution is 2.30. The van der Waals surface area contributed by atoms with Crippen molar-refractivity contribution in [1.29, 1.82) is 0 Å². The third-order valence-corrected chi connectivity index (χ3v) is 3.08. The van der Waals surface area contributed by atoms with Crippen LogP contribution in [0.4, 0.5) is 4.39 Å². The Kier molecular flexibility index (Phi) is 4.42. The largest absolute Gasteiger partial charge is 0.497 e. The van der Waals surface area contributed by atoms with Crippen molar-refractivity contribution in [3.05, 3.63) is 53.3 Å². The van der Waals surface area contributed by atoms with Gasteiger partial charge in [0.05, 0.1) is 26.9 Å². The van der Waals surface area contributed by atoms with E-state index in [2.05, 4.69) is 0 Å². The Labute approximate surface area is 122 Å². The Morgan fingerprint density at radius 3 is 2.29 bits per heavy atom. The van der Waals surface area contributed by atoms with Gasteiger partial charge in [-0.15, -0.1) is 0 Å². The van der Waals surface area contributed by atoms with Crippen molar-refractivity contribution in [3.8, 4) is 17.2 Å². The van der Waals surface area contributed by atoms with Crippen molar-refractivity contribution in [1.82, 2.24) is 0 Å². The average molecular weight is 290 g/mol. The summed E-state index contributed by atoms with van der Waals surface area (Å²) in [5.41, 5.74) is 0.116. The zero-order valence-corrected chi connectivity index (χ0v) is 12.0. The first-order chi connectivity index (χ1) is 10.1. The molecule has 5 heteroatoms. The van der Waals surface area contributed by atoms with E-state index >= 15 is 0 Å². The van der Waals surface area contributed by atoms with Gasteiger partial charge in [0.1, 0.15) is 28.6 Å². The molecular weight excluding hydrogens is 275 g/mol. The molecular formula is C16H15FO4. The maximum absolute atomic E-state index is 14.0. The highest BCUT2D eigenvalue weighted by Gasteiger charge is 2.22. The Morgan fingerprint density at radius 1 is 0.952 bits per heavy atom. The Bertz CT molecular complexity index is 667. The lowest BCUT2D eigenvalue weighted by atomic mass is 10.0. The highest BCUT2D eigenvalue weighted by atomic mass is 19.1. The molecule has 2 aromatic rings. The number of ether oxygens (including phenoxy) is 3. The first-order valence-electron chi connectivity index (χ1n) is 6.21. The standard InChI is InChI=1S/C16H15FO4/c1-19-10-7-8-11(14(9-10)21-3)16(18)15-12(17)5-4-6-13(15)20-2/h4-9H,1-3H3. The van der Waals surface area contributed by atoms with Gasteiger partial charge >= 0.3 is 0 Å². The van der Waals surface area contributed by atoms with E-state index in [1.165, 1.54) is 45.6 Å². The predicted octanol–water partition coefficient (Wildman–Crippen LogP) is 3.08. The summed E-state index contributed by atoms with van der Waals surface area (Å²) >= 11 is 0. The van der Waals surface area contributed by atoms with Crippen LogP contribution >= 0.6 is 0 Å². The van der Waals surface area contributed by atoms with Gasteiger partial charge in [-0.05, 0) is 24.3 Å². The van der Waals surface area contributed by atoms with E-state index in [4.69, 9.17) is 14.2 Å². The number of carbonyl (C=O) groups excluding carboxylic acids is 1. The van der Waals surface area contributed by atoms with E-state index in [1.54, 1.807) is 12.1 Å². The molecule has 4 nitrogen and oxygen atoms in total. The maximum atomic E-state index is 14.0. The van der Waals surface area contributed by atoms with Crippen molar-refractivity contribution >= 4 is 5.78 Å². The third kappa shape index (κ3) is 2.81. The van der Waals surface area contributed by atoms with Gasteiger partial charge in [-0.25, -0.2) is 4.39 Å². The summed E-state index contributed by atoms with van der Waals surface area (Å²) in [4.78, 5) is 12.6. The number of hydrogen-bond acceptors (Lipinski definition) is 4. The molecule has 110 valence electrons. The molecule has 0 unspecified atom stereocenters. The number of halogens is 1. The van der Waals surface area contributed by atoms with E-state index in [9.17, 15) is 9.18 Å². The van der Waals surface area contributed by atoms with Gasteiger partial charge in [0.25, 0.3) is 0 Å². The van der Waals surface area contributed by atoms with Crippen LogP contribution in [0, 0.1) is 5.82 Å². The fourth-order valence-electron chi connectivity index (χ4n) is 2.02. The minimum Gasteiger partial charge on any atom is -0.497 e. The van der Waals surface area contributed by atoms with Crippen LogP contribution in [0.15, 0.2) is 36.4 Å². The van der Waals surface area contributed by atoms with Gasteiger partial charge < -0.3 is 14.2 Å². The van der Waals surface area contributed by atoms with Crippen molar-refractivity contribution in [2.75, 3.05) is 21.3 Å². The molecule has 0 radical (unpaired) electrons. The number of benzene rings is 2. The SMILES string of the molecule is COc1ccc(C(=O)c2c(F)cccc2OC)c(OC)c1. The quantitative estimate of drug-likeness (QED) is 0.794. The molecule has 0 bridgehead atoms. The monoisotopic (exact) mass is 290 g/mol. The van der Waals surface area contributed by atoms with Gasteiger partial charge in [0.2, 0.25) is 5.78 Å². The molecule has 0 aromatic heterocycles. The summed E-state index contributed by atoms with van der Waals surface area (Å²) < 4.78 is 29.3. The number of hydrogen-bond donors (Lipinski definition) is 0. The summed E-state index contributed by atoms with van der Waals surface area (Å²) in [6.07, 6.45) is 0. The van der Waals surface area contributed by atoms with Gasteiger partial charge in [-0.2, -0.15) is 0 Å². The van der Waals surface area contributed by atoms with Crippen LogP contribution < -0.4 is 14.2 Å². The van der Waals surface area contributed by atoms with Gasteiger partial charge in [-0.1, -0.05) is 6.07 Å². The summed E-state index contributed by atoms with van der Waals surface area (Å²) in [7, 11) is 4.33. The second-order valence-corrected chi connectivity index (χ2v) is 4.21. The molecule has 0 saturated carbocycles. The van der Waals surface area contributed by atoms with E-state index in [-0.39, 0.29) is 16.9 Å². The Morgan fingerprint density at radius 2 is 1.67 bits per heavy atom. The molecule has 0 aliphatic rings. The summed E-state index contributed by atoms with van der Waals surface area (Å²) in [5.74, 6) is -0.117. The highest BCUT2D eigenvalue weighted by molar-refractivity contribution is 6.12. The first-order valence-corrected chi connectivity index (χ1v) is 6.21. The second kappa shape index (κ2) is 6.26. The minimum absolute atomic E-state index is 0.122. The van der Waals surface area contributed by atoms with Crippen LogP contribution in [0.25, 0.3) is 0 Å². The number of rotatable bonds is 5. The van der Waals surface area contributed by atoms with Crippen LogP contribution in [-0.4, -0.2) is 27.1 Å². The fraction of sp³-hybridized carbons (Fsp3) is 0.188. The zero-order chi connectivity index (χ0) is 15.4. The van der Waals surface area contributed by atoms with Gasteiger partial charge in [0.15, 0.2) is 0 Å². The zero-order valence-electron chi connectivity index (χ0n) is 12.0. The number of carbonyl (C=O) groups is 1. The molecule has 0 N–H and O–H groups in total. The van der Waals surface area contributed by atoms with Crippen molar-refractivity contribution in [3.63, 3.8) is 0 Å². The molecule has 0 heterocycles. The predicted molar refractivity (Wildman–Crippen MR) is 75.9 cm³/mol. The molecule has 0 spiro atoms. The third-order valence-electron chi connectivity index (χ3n) is 3.08. The van der Waals surface area contributed by atoms with Gasteiger partial charge in [-0.3, -0.25) is 4.79 Å². The molecule has 0 atom stereocenters. The summed E-state index contributed by atoms with van der Waals surface area (Å²) in [6.45, 7) is 0. The van der Waals surface area contributed by atoms with Crippen LogP contribution in [0.3, 0.4) is 0 Å². The maximum Gasteiger partial charge on any atom is 0.203 e. The molecule has 2 rings (SSSR count).